The van der Waals surface area contributed by atoms with Gasteiger partial charge in [-0.2, -0.15) is 0 Å². The summed E-state index contributed by atoms with van der Waals surface area (Å²) in [6.45, 7) is 14.8. The number of rotatable bonds is 16. The molecule has 0 aromatic rings. The Hall–Kier alpha value is -2.73. The van der Waals surface area contributed by atoms with Crippen LogP contribution in [-0.2, 0) is 61.8 Å². The number of fused-ring (bicyclic) bond motifs is 7. The zero-order valence-electron chi connectivity index (χ0n) is 50.9. The fraction of sp³-hybridized carbons (Fsp3) is 0.915. The average molecular weight is 1250 g/mol. The maximum atomic E-state index is 13.9. The van der Waals surface area contributed by atoms with Crippen molar-refractivity contribution in [1.29, 1.82) is 0 Å². The number of allylic oxidation sites excluding steroid dienone is 1. The molecule has 4 saturated carbocycles. The summed E-state index contributed by atoms with van der Waals surface area (Å²) in [5.74, 6) is -4.53. The number of aliphatic carboxylic acids is 1. The molecule has 9 aliphatic rings. The zero-order chi connectivity index (χ0) is 64.4. The predicted molar refractivity (Wildman–Crippen MR) is 291 cm³/mol. The van der Waals surface area contributed by atoms with Crippen LogP contribution >= 0.6 is 0 Å². The molecule has 87 heavy (non-hydrogen) atoms. The summed E-state index contributed by atoms with van der Waals surface area (Å²) in [6.07, 6.45) is -36.9. The number of hydrogen-bond donors (Lipinski definition) is 15. The Bertz CT molecular complexity index is 2520. The largest absolute Gasteiger partial charge is 0.479 e. The lowest BCUT2D eigenvalue weighted by Crippen LogP contribution is -2.76. The molecular weight excluding hydrogens is 1160 g/mol. The molecular formula is C59H94O28. The first-order valence-electron chi connectivity index (χ1n) is 30.4. The molecule has 5 aliphatic carbocycles. The summed E-state index contributed by atoms with van der Waals surface area (Å²) < 4.78 is 60.6. The molecule has 0 aromatic heterocycles. The van der Waals surface area contributed by atoms with Crippen molar-refractivity contribution < 1.29 is 138 Å². The van der Waals surface area contributed by atoms with Crippen LogP contribution in [-0.4, -0.2) is 268 Å². The number of carbonyl (C=O) groups is 3. The highest BCUT2D eigenvalue weighted by Crippen LogP contribution is 2.76. The second-order valence-corrected chi connectivity index (χ2v) is 28.2. The minimum atomic E-state index is -2.19. The smallest absolute Gasteiger partial charge is 0.350 e. The summed E-state index contributed by atoms with van der Waals surface area (Å²) in [5.41, 5.74) is -7.19. The lowest BCUT2D eigenvalue weighted by atomic mass is 9.32. The minimum Gasteiger partial charge on any atom is -0.479 e. The summed E-state index contributed by atoms with van der Waals surface area (Å²) in [4.78, 5) is 39.5. The topological polar surface area (TPSA) is 447 Å². The molecule has 28 heteroatoms. The van der Waals surface area contributed by atoms with Crippen LogP contribution < -0.4 is 0 Å². The van der Waals surface area contributed by atoms with E-state index in [9.17, 15) is 91.0 Å². The summed E-state index contributed by atoms with van der Waals surface area (Å²) in [7, 11) is 0. The third kappa shape index (κ3) is 10.9. The van der Waals surface area contributed by atoms with E-state index in [0.29, 0.717) is 25.7 Å². The molecule has 15 N–H and O–H groups in total. The summed E-state index contributed by atoms with van der Waals surface area (Å²) in [5, 5.41) is 168. The number of carbonyl (C=O) groups excluding carboxylic acids is 2. The lowest BCUT2D eigenvalue weighted by Gasteiger charge is -2.73. The molecule has 0 unspecified atom stereocenters. The third-order valence-corrected chi connectivity index (χ3v) is 22.8. The van der Waals surface area contributed by atoms with E-state index in [2.05, 4.69) is 19.9 Å². The van der Waals surface area contributed by atoms with Gasteiger partial charge in [-0.1, -0.05) is 67.0 Å². The Kier molecular flexibility index (Phi) is 19.4. The van der Waals surface area contributed by atoms with Gasteiger partial charge in [0.15, 0.2) is 31.3 Å². The van der Waals surface area contributed by atoms with Crippen LogP contribution in [0.4, 0.5) is 0 Å². The van der Waals surface area contributed by atoms with E-state index in [1.165, 1.54) is 6.92 Å². The van der Waals surface area contributed by atoms with Crippen molar-refractivity contribution in [3.63, 3.8) is 0 Å². The van der Waals surface area contributed by atoms with Crippen molar-refractivity contribution in [1.82, 2.24) is 0 Å². The van der Waals surface area contributed by atoms with Gasteiger partial charge in [0, 0.05) is 17.8 Å². The van der Waals surface area contributed by atoms with Gasteiger partial charge in [-0.15, -0.1) is 0 Å². The average Bonchev–Trinajstić information content (AvgIpc) is 0.901. The van der Waals surface area contributed by atoms with Crippen molar-refractivity contribution in [2.24, 2.45) is 50.2 Å². The zero-order valence-corrected chi connectivity index (χ0v) is 50.9. The molecule has 31 atom stereocenters. The molecule has 498 valence electrons. The van der Waals surface area contributed by atoms with Gasteiger partial charge in [0.2, 0.25) is 5.60 Å². The number of carboxylic acid groups (broad SMARTS) is 1. The van der Waals surface area contributed by atoms with Crippen LogP contribution in [0.3, 0.4) is 0 Å². The van der Waals surface area contributed by atoms with Crippen LogP contribution in [0.1, 0.15) is 114 Å². The number of aliphatic hydroxyl groups excluding tert-OH is 14. The lowest BCUT2D eigenvalue weighted by molar-refractivity contribution is -0.401. The van der Waals surface area contributed by atoms with E-state index in [1.54, 1.807) is 6.92 Å². The maximum absolute atomic E-state index is 13.9. The second-order valence-electron chi connectivity index (χ2n) is 28.2. The van der Waals surface area contributed by atoms with E-state index in [0.717, 1.165) is 12.5 Å². The Balaban J connectivity index is 1.05. The van der Waals surface area contributed by atoms with Gasteiger partial charge in [0.05, 0.1) is 50.2 Å². The molecule has 0 amide bonds. The van der Waals surface area contributed by atoms with Gasteiger partial charge in [0.1, 0.15) is 91.6 Å². The molecule has 0 bridgehead atoms. The molecule has 0 aromatic carbocycles. The van der Waals surface area contributed by atoms with Gasteiger partial charge in [-0.3, -0.25) is 4.79 Å². The molecule has 28 nitrogen and oxygen atoms in total. The number of carboxylic acids is 1. The Morgan fingerprint density at radius 1 is 0.655 bits per heavy atom. The predicted octanol–water partition coefficient (Wildman–Crippen LogP) is -3.03. The number of esters is 2. The molecule has 0 radical (unpaired) electrons. The summed E-state index contributed by atoms with van der Waals surface area (Å²) >= 11 is 0. The Labute approximate surface area is 504 Å². The van der Waals surface area contributed by atoms with E-state index in [-0.39, 0.29) is 31.1 Å². The Morgan fingerprint density at radius 2 is 1.23 bits per heavy atom. The van der Waals surface area contributed by atoms with Gasteiger partial charge in [-0.05, 0) is 85.9 Å². The first kappa shape index (κ1) is 68.6. The fourth-order valence-corrected chi connectivity index (χ4v) is 17.4. The van der Waals surface area contributed by atoms with Gasteiger partial charge >= 0.3 is 17.9 Å². The molecule has 4 saturated heterocycles. The van der Waals surface area contributed by atoms with Crippen LogP contribution in [0, 0.1) is 50.2 Å². The highest BCUT2D eigenvalue weighted by Gasteiger charge is 2.76. The monoisotopic (exact) mass is 1250 g/mol. The first-order valence-corrected chi connectivity index (χ1v) is 30.4. The van der Waals surface area contributed by atoms with Crippen molar-refractivity contribution >= 4 is 17.9 Å². The number of hydrogen-bond acceptors (Lipinski definition) is 27. The summed E-state index contributed by atoms with van der Waals surface area (Å²) in [6, 6.07) is 0. The second kappa shape index (κ2) is 24.6. The molecule has 4 heterocycles. The maximum Gasteiger partial charge on any atom is 0.350 e. The van der Waals surface area contributed by atoms with E-state index in [4.69, 9.17) is 47.4 Å². The standard InChI is InChI=1S/C59H94O28/c1-11-57(9,87-23(2)63)52(77)86-46-45(74)59(22-62)25(18-53(46,3)4)24-12-13-30-55(7)16-15-31(54(5,6)29(55)14-17-56(30,8)58(24,10)43(72)44(59)73)81-51-42(85-50-38(71)35(68)33(66)27(19-60)79-50)40(82-48-36(69)32(65)26(64)21-78-48)39(41(84-51)47(75)76)83-49-37(70)34(67)28(20-61)80-49/h12,25-46,48-51,60-62,64-74H,11,13-22H2,1-10H3,(H,75,76)/t25-,26-,27+,28-,29-,30+,31-,32-,33+,34-,35-,36+,37+,38+,39-,40-,41-,42+,43-,44+,45-,46-,48-,49-,50-,51+,55-,56+,57-,58-,59-/m0/s1. The van der Waals surface area contributed by atoms with Crippen LogP contribution in [0.15, 0.2) is 11.6 Å². The highest BCUT2D eigenvalue weighted by molar-refractivity contribution is 5.82. The van der Waals surface area contributed by atoms with Crippen LogP contribution in [0.2, 0.25) is 0 Å². The molecule has 4 aliphatic heterocycles. The minimum absolute atomic E-state index is 0.0482. The van der Waals surface area contributed by atoms with Crippen LogP contribution in [0.25, 0.3) is 0 Å². The van der Waals surface area contributed by atoms with E-state index < -0.39 is 229 Å². The highest BCUT2D eigenvalue weighted by atomic mass is 16.8. The van der Waals surface area contributed by atoms with Gasteiger partial charge in [0.25, 0.3) is 0 Å². The fourth-order valence-electron chi connectivity index (χ4n) is 17.4. The molecule has 9 rings (SSSR count). The SMILES string of the molecule is CC[C@](C)(OC(C)=O)C(=O)O[C@H]1[C@H](O)[C@]2(CO)[C@H](O)[C@H](O)[C@]3(C)C(=CC[C@@H]4[C@@]5(C)CC[C@H](O[C@@H]6O[C@H](C(=O)O)[C@@H](O[C@@H]7O[C@@H](CO)[C@H](O)[C@H]7O)[C@H](O[C@@H]7OC[C@H](O)[C@H](O)[C@H]7O)[C@H]6O[C@@H]6O[C@H](CO)[C@@H](O)[C@H](O)[C@H]6O)C(C)(C)[C@@H]5CC[C@]43C)[C@@H]2CC1(C)C. The van der Waals surface area contributed by atoms with Crippen molar-refractivity contribution in [2.75, 3.05) is 26.4 Å². The van der Waals surface area contributed by atoms with Crippen molar-refractivity contribution in [2.45, 2.75) is 261 Å². The number of ether oxygens (including phenoxy) is 10. The molecule has 0 spiro atoms. The van der Waals surface area contributed by atoms with Gasteiger partial charge in [-0.25, -0.2) is 9.59 Å². The Morgan fingerprint density at radius 3 is 1.80 bits per heavy atom. The van der Waals surface area contributed by atoms with E-state index in [1.807, 2.05) is 34.6 Å². The van der Waals surface area contributed by atoms with E-state index >= 15 is 0 Å². The number of aliphatic hydroxyl groups is 14. The molecule has 8 fully saturated rings. The third-order valence-electron chi connectivity index (χ3n) is 22.8. The van der Waals surface area contributed by atoms with Gasteiger partial charge < -0.3 is 124 Å². The van der Waals surface area contributed by atoms with Crippen molar-refractivity contribution in [3.8, 4) is 0 Å². The van der Waals surface area contributed by atoms with Crippen LogP contribution in [0.5, 0.6) is 0 Å². The first-order chi connectivity index (χ1) is 40.5. The quantitative estimate of drug-likeness (QED) is 0.0415. The van der Waals surface area contributed by atoms with Crippen molar-refractivity contribution in [3.05, 3.63) is 11.6 Å². The normalized spacial score (nSPS) is 50.9.